The molecule has 1 fully saturated rings. The molecule has 3 rings (SSSR count). The van der Waals surface area contributed by atoms with E-state index in [0.29, 0.717) is 13.1 Å². The van der Waals surface area contributed by atoms with Crippen molar-refractivity contribution >= 4 is 22.6 Å². The molecule has 0 amide bonds. The molecule has 2 aromatic rings. The third kappa shape index (κ3) is 2.19. The molecule has 1 aromatic carbocycles. The lowest BCUT2D eigenvalue weighted by Crippen LogP contribution is -2.48. The van der Waals surface area contributed by atoms with Gasteiger partial charge in [-0.3, -0.25) is 4.79 Å². The van der Waals surface area contributed by atoms with E-state index >= 15 is 0 Å². The third-order valence-corrected chi connectivity index (χ3v) is 3.45. The highest BCUT2D eigenvalue weighted by atomic mass is 16.4. The van der Waals surface area contributed by atoms with E-state index in [1.54, 1.807) is 18.3 Å². The van der Waals surface area contributed by atoms with Crippen LogP contribution < -0.4 is 4.90 Å². The summed E-state index contributed by atoms with van der Waals surface area (Å²) in [5.41, 5.74) is 0. The molecule has 1 aliphatic heterocycles. The summed E-state index contributed by atoms with van der Waals surface area (Å²) in [4.78, 5) is 17.0. The first-order chi connectivity index (χ1) is 9.13. The van der Waals surface area contributed by atoms with Gasteiger partial charge in [0.1, 0.15) is 11.6 Å². The molecule has 1 aliphatic rings. The van der Waals surface area contributed by atoms with Crippen molar-refractivity contribution in [1.29, 1.82) is 0 Å². The number of carboxylic acid groups (broad SMARTS) is 1. The van der Waals surface area contributed by atoms with Crippen LogP contribution in [0.4, 0.5) is 5.82 Å². The number of aliphatic carboxylic acids is 1. The number of phenolic OH excluding ortho intramolecular Hbond substituents is 1. The average Bonchev–Trinajstić information content (AvgIpc) is 2.32. The van der Waals surface area contributed by atoms with Crippen LogP contribution >= 0.6 is 0 Å². The number of anilines is 1. The van der Waals surface area contributed by atoms with E-state index in [0.717, 1.165) is 16.6 Å². The molecular weight excluding hydrogens is 244 g/mol. The van der Waals surface area contributed by atoms with E-state index in [9.17, 15) is 9.90 Å². The van der Waals surface area contributed by atoms with Gasteiger partial charge >= 0.3 is 5.97 Å². The lowest BCUT2D eigenvalue weighted by molar-refractivity contribution is -0.138. The maximum atomic E-state index is 10.6. The zero-order chi connectivity index (χ0) is 13.4. The van der Waals surface area contributed by atoms with E-state index in [2.05, 4.69) is 9.88 Å². The average molecular weight is 258 g/mol. The quantitative estimate of drug-likeness (QED) is 0.879. The zero-order valence-corrected chi connectivity index (χ0v) is 10.3. The number of carboxylic acids is 1. The van der Waals surface area contributed by atoms with Gasteiger partial charge in [-0.1, -0.05) is 6.07 Å². The lowest BCUT2D eigenvalue weighted by Gasteiger charge is -2.40. The molecule has 0 radical (unpaired) electrons. The number of benzene rings is 1. The van der Waals surface area contributed by atoms with Crippen molar-refractivity contribution in [2.24, 2.45) is 5.92 Å². The van der Waals surface area contributed by atoms with Gasteiger partial charge in [-0.2, -0.15) is 0 Å². The molecule has 0 saturated carbocycles. The molecule has 0 bridgehead atoms. The fourth-order valence-corrected chi connectivity index (χ4v) is 2.51. The topological polar surface area (TPSA) is 73.7 Å². The van der Waals surface area contributed by atoms with Crippen molar-refractivity contribution in [2.75, 3.05) is 18.0 Å². The number of aromatic hydroxyl groups is 1. The van der Waals surface area contributed by atoms with Gasteiger partial charge in [-0.15, -0.1) is 0 Å². The molecule has 1 aromatic heterocycles. The smallest absolute Gasteiger partial charge is 0.303 e. The number of nitrogens with zero attached hydrogens (tertiary/aromatic N) is 2. The Balaban J connectivity index is 1.86. The maximum Gasteiger partial charge on any atom is 0.303 e. The summed E-state index contributed by atoms with van der Waals surface area (Å²) in [7, 11) is 0. The maximum absolute atomic E-state index is 10.6. The number of carbonyl (C=O) groups is 1. The van der Waals surface area contributed by atoms with Crippen molar-refractivity contribution in [3.05, 3.63) is 30.5 Å². The Morgan fingerprint density at radius 1 is 1.37 bits per heavy atom. The molecule has 0 spiro atoms. The van der Waals surface area contributed by atoms with Crippen molar-refractivity contribution in [2.45, 2.75) is 6.42 Å². The van der Waals surface area contributed by atoms with Crippen molar-refractivity contribution in [3.8, 4) is 5.75 Å². The third-order valence-electron chi connectivity index (χ3n) is 3.45. The van der Waals surface area contributed by atoms with Crippen LogP contribution in [-0.4, -0.2) is 34.3 Å². The SMILES string of the molecule is O=C(O)CC1CN(c2nccc3ccc(O)cc23)C1. The van der Waals surface area contributed by atoms with Gasteiger partial charge in [0.2, 0.25) is 0 Å². The van der Waals surface area contributed by atoms with Crippen LogP contribution in [0.1, 0.15) is 6.42 Å². The second-order valence-electron chi connectivity index (χ2n) is 4.91. The van der Waals surface area contributed by atoms with Crippen LogP contribution in [0.2, 0.25) is 0 Å². The second-order valence-corrected chi connectivity index (χ2v) is 4.91. The van der Waals surface area contributed by atoms with Gasteiger partial charge in [0.25, 0.3) is 0 Å². The first-order valence-corrected chi connectivity index (χ1v) is 6.18. The molecule has 0 aliphatic carbocycles. The summed E-state index contributed by atoms with van der Waals surface area (Å²) in [5.74, 6) is 0.458. The zero-order valence-electron chi connectivity index (χ0n) is 10.3. The van der Waals surface area contributed by atoms with E-state index in [-0.39, 0.29) is 18.1 Å². The van der Waals surface area contributed by atoms with Gasteiger partial charge in [0.15, 0.2) is 0 Å². The fourth-order valence-electron chi connectivity index (χ4n) is 2.51. The van der Waals surface area contributed by atoms with Crippen LogP contribution in [0, 0.1) is 5.92 Å². The molecule has 0 unspecified atom stereocenters. The fraction of sp³-hybridized carbons (Fsp3) is 0.286. The van der Waals surface area contributed by atoms with Gasteiger partial charge in [0.05, 0.1) is 6.42 Å². The predicted molar refractivity (Wildman–Crippen MR) is 71.4 cm³/mol. The highest BCUT2D eigenvalue weighted by Gasteiger charge is 2.30. The first kappa shape index (κ1) is 11.8. The number of pyridine rings is 1. The Labute approximate surface area is 110 Å². The van der Waals surface area contributed by atoms with Crippen LogP contribution in [0.3, 0.4) is 0 Å². The Bertz CT molecular complexity index is 636. The lowest BCUT2D eigenvalue weighted by atomic mass is 9.96. The summed E-state index contributed by atoms with van der Waals surface area (Å²) < 4.78 is 0. The molecule has 2 heterocycles. The summed E-state index contributed by atoms with van der Waals surface area (Å²) in [6, 6.07) is 7.09. The molecule has 2 N–H and O–H groups in total. The van der Waals surface area contributed by atoms with Gasteiger partial charge in [0, 0.05) is 30.6 Å². The molecule has 19 heavy (non-hydrogen) atoms. The largest absolute Gasteiger partial charge is 0.508 e. The van der Waals surface area contributed by atoms with Gasteiger partial charge < -0.3 is 15.1 Å². The van der Waals surface area contributed by atoms with Crippen molar-refractivity contribution < 1.29 is 15.0 Å². The van der Waals surface area contributed by atoms with E-state index < -0.39 is 5.97 Å². The molecule has 5 heteroatoms. The number of hydrogen-bond acceptors (Lipinski definition) is 4. The molecule has 98 valence electrons. The van der Waals surface area contributed by atoms with Crippen molar-refractivity contribution in [3.63, 3.8) is 0 Å². The standard InChI is InChI=1S/C14H14N2O3/c17-11-2-1-10-3-4-15-14(12(10)6-11)16-7-9(8-16)5-13(18)19/h1-4,6,9,17H,5,7-8H2,(H,18,19). The summed E-state index contributed by atoms with van der Waals surface area (Å²) in [6.07, 6.45) is 1.94. The summed E-state index contributed by atoms with van der Waals surface area (Å²) in [5, 5.41) is 20.2. The summed E-state index contributed by atoms with van der Waals surface area (Å²) >= 11 is 0. The minimum atomic E-state index is -0.756. The molecule has 1 saturated heterocycles. The Morgan fingerprint density at radius 2 is 2.16 bits per heavy atom. The number of aromatic nitrogens is 1. The van der Waals surface area contributed by atoms with Gasteiger partial charge in [-0.05, 0) is 23.6 Å². The first-order valence-electron chi connectivity index (χ1n) is 6.18. The Morgan fingerprint density at radius 3 is 2.89 bits per heavy atom. The van der Waals surface area contributed by atoms with E-state index in [1.807, 2.05) is 12.1 Å². The van der Waals surface area contributed by atoms with Crippen LogP contribution in [0.5, 0.6) is 5.75 Å². The minimum Gasteiger partial charge on any atom is -0.508 e. The molecule has 0 atom stereocenters. The van der Waals surface area contributed by atoms with Crippen LogP contribution in [0.15, 0.2) is 30.5 Å². The second kappa shape index (κ2) is 4.42. The molecule has 5 nitrogen and oxygen atoms in total. The monoisotopic (exact) mass is 258 g/mol. The van der Waals surface area contributed by atoms with Gasteiger partial charge in [-0.25, -0.2) is 4.98 Å². The van der Waals surface area contributed by atoms with Crippen LogP contribution in [0.25, 0.3) is 10.8 Å². The molecular formula is C14H14N2O3. The number of fused-ring (bicyclic) bond motifs is 1. The summed E-state index contributed by atoms with van der Waals surface area (Å²) in [6.45, 7) is 1.40. The highest BCUT2D eigenvalue weighted by molar-refractivity contribution is 5.93. The van der Waals surface area contributed by atoms with Crippen LogP contribution in [-0.2, 0) is 4.79 Å². The Hall–Kier alpha value is -2.30. The normalized spacial score (nSPS) is 15.5. The van der Waals surface area contributed by atoms with Crippen molar-refractivity contribution in [1.82, 2.24) is 4.98 Å². The van der Waals surface area contributed by atoms with E-state index in [1.165, 1.54) is 0 Å². The highest BCUT2D eigenvalue weighted by Crippen LogP contribution is 2.32. The number of hydrogen-bond donors (Lipinski definition) is 2. The van der Waals surface area contributed by atoms with E-state index in [4.69, 9.17) is 5.11 Å². The Kier molecular flexibility index (Phi) is 2.74. The predicted octanol–water partition coefficient (Wildman–Crippen LogP) is 1.85. The number of rotatable bonds is 3. The minimum absolute atomic E-state index is 0.187. The number of phenols is 1.